The van der Waals surface area contributed by atoms with Crippen molar-refractivity contribution in [2.24, 2.45) is 5.14 Å². The van der Waals surface area contributed by atoms with Gasteiger partial charge in [0.25, 0.3) is 5.91 Å². The molecule has 3 aromatic carbocycles. The molecule has 1 aliphatic rings. The Hall–Kier alpha value is -3.91. The van der Waals surface area contributed by atoms with E-state index < -0.39 is 20.0 Å². The topological polar surface area (TPSA) is 157 Å². The minimum atomic E-state index is -3.93. The molecule has 2 N–H and O–H groups in total. The molecule has 1 saturated heterocycles. The van der Waals surface area contributed by atoms with Crippen LogP contribution in [0.25, 0.3) is 22.9 Å². The van der Waals surface area contributed by atoms with E-state index in [4.69, 9.17) is 9.56 Å². The maximum Gasteiger partial charge on any atom is 0.253 e. The Kier molecular flexibility index (Phi) is 7.07. The Labute approximate surface area is 226 Å². The van der Waals surface area contributed by atoms with Crippen molar-refractivity contribution in [3.63, 3.8) is 0 Å². The summed E-state index contributed by atoms with van der Waals surface area (Å²) in [6, 6.07) is 19.3. The molecule has 1 amide bonds. The summed E-state index contributed by atoms with van der Waals surface area (Å²) in [6.07, 6.45) is 0. The number of rotatable bonds is 6. The van der Waals surface area contributed by atoms with Crippen molar-refractivity contribution in [2.75, 3.05) is 26.2 Å². The van der Waals surface area contributed by atoms with Gasteiger partial charge in [0.1, 0.15) is 0 Å². The zero-order chi connectivity index (χ0) is 27.8. The summed E-state index contributed by atoms with van der Waals surface area (Å²) in [5.74, 6) is 0.515. The number of carbonyl (C=O) groups is 1. The van der Waals surface area contributed by atoms with Crippen molar-refractivity contribution in [1.29, 1.82) is 0 Å². The predicted octanol–water partition coefficient (Wildman–Crippen LogP) is 2.51. The summed E-state index contributed by atoms with van der Waals surface area (Å²) in [6.45, 7) is 2.62. The second-order valence-corrected chi connectivity index (χ2v) is 12.6. The number of carbonyl (C=O) groups excluding carboxylic acids is 1. The molecule has 0 atom stereocenters. The van der Waals surface area contributed by atoms with E-state index in [1.807, 2.05) is 31.2 Å². The number of nitrogens with two attached hydrogens (primary N) is 1. The van der Waals surface area contributed by atoms with Crippen LogP contribution in [-0.2, 0) is 20.0 Å². The van der Waals surface area contributed by atoms with Crippen LogP contribution in [0.5, 0.6) is 0 Å². The Morgan fingerprint density at radius 2 is 1.23 bits per heavy atom. The van der Waals surface area contributed by atoms with Crippen LogP contribution in [0.4, 0.5) is 0 Å². The average molecular weight is 568 g/mol. The summed E-state index contributed by atoms with van der Waals surface area (Å²) in [7, 11) is -7.79. The standard InChI is InChI=1S/C26H25N5O6S2/c1-18-2-4-19(5-3-18)24-28-29-25(37-24)20-6-8-21(9-7-20)26(32)30-14-16-31(17-15-30)39(35,36)23-12-10-22(11-13-23)38(27,33)34/h2-13H,14-17H2,1H3,(H2,27,33,34). The van der Waals surface area contributed by atoms with Gasteiger partial charge in [-0.05, 0) is 67.6 Å². The zero-order valence-corrected chi connectivity index (χ0v) is 22.5. The molecule has 5 rings (SSSR count). The monoisotopic (exact) mass is 567 g/mol. The first-order chi connectivity index (χ1) is 18.5. The largest absolute Gasteiger partial charge is 0.416 e. The van der Waals surface area contributed by atoms with Crippen LogP contribution in [0.1, 0.15) is 15.9 Å². The molecule has 0 aliphatic carbocycles. The number of amides is 1. The molecule has 1 aromatic heterocycles. The number of primary sulfonamides is 1. The van der Waals surface area contributed by atoms with Gasteiger partial charge in [-0.25, -0.2) is 22.0 Å². The predicted molar refractivity (Wildman–Crippen MR) is 142 cm³/mol. The molecule has 4 aromatic rings. The molecular weight excluding hydrogens is 542 g/mol. The van der Waals surface area contributed by atoms with Crippen molar-refractivity contribution in [2.45, 2.75) is 16.7 Å². The first-order valence-corrected chi connectivity index (χ1v) is 14.9. The SMILES string of the molecule is Cc1ccc(-c2nnc(-c3ccc(C(=O)N4CCN(S(=O)(=O)c5ccc(S(N)(=O)=O)cc5)CC4)cc3)o2)cc1. The van der Waals surface area contributed by atoms with E-state index in [9.17, 15) is 21.6 Å². The molecule has 39 heavy (non-hydrogen) atoms. The molecule has 1 aliphatic heterocycles. The first kappa shape index (κ1) is 26.7. The number of hydrogen-bond donors (Lipinski definition) is 1. The van der Waals surface area contributed by atoms with Crippen molar-refractivity contribution in [1.82, 2.24) is 19.4 Å². The Morgan fingerprint density at radius 3 is 1.74 bits per heavy atom. The molecule has 0 unspecified atom stereocenters. The minimum Gasteiger partial charge on any atom is -0.416 e. The van der Waals surface area contributed by atoms with E-state index >= 15 is 0 Å². The van der Waals surface area contributed by atoms with Crippen molar-refractivity contribution in [3.05, 3.63) is 83.9 Å². The highest BCUT2D eigenvalue weighted by Crippen LogP contribution is 2.25. The molecule has 0 saturated carbocycles. The molecule has 13 heteroatoms. The van der Waals surface area contributed by atoms with E-state index in [1.165, 1.54) is 16.4 Å². The number of aromatic nitrogens is 2. The Morgan fingerprint density at radius 1 is 0.744 bits per heavy atom. The van der Waals surface area contributed by atoms with Gasteiger partial charge in [-0.2, -0.15) is 4.31 Å². The normalized spacial score (nSPS) is 14.9. The molecule has 1 fully saturated rings. The Bertz CT molecular complexity index is 1710. The van der Waals surface area contributed by atoms with Crippen LogP contribution in [0, 0.1) is 6.92 Å². The third kappa shape index (κ3) is 5.61. The van der Waals surface area contributed by atoms with Crippen LogP contribution < -0.4 is 5.14 Å². The second kappa shape index (κ2) is 10.3. The van der Waals surface area contributed by atoms with E-state index in [0.29, 0.717) is 22.9 Å². The molecule has 0 spiro atoms. The van der Waals surface area contributed by atoms with E-state index in [0.717, 1.165) is 23.3 Å². The van der Waals surface area contributed by atoms with Gasteiger partial charge in [-0.3, -0.25) is 4.79 Å². The van der Waals surface area contributed by atoms with Crippen LogP contribution >= 0.6 is 0 Å². The number of hydrogen-bond acceptors (Lipinski definition) is 8. The molecule has 202 valence electrons. The Balaban J connectivity index is 1.22. The number of piperazine rings is 1. The lowest BCUT2D eigenvalue weighted by atomic mass is 10.1. The molecule has 0 radical (unpaired) electrons. The average Bonchev–Trinajstić information content (AvgIpc) is 3.43. The van der Waals surface area contributed by atoms with Gasteiger partial charge in [0, 0.05) is 42.9 Å². The summed E-state index contributed by atoms with van der Waals surface area (Å²) in [5, 5.41) is 13.3. The first-order valence-electron chi connectivity index (χ1n) is 12.0. The van der Waals surface area contributed by atoms with Gasteiger partial charge in [0.2, 0.25) is 31.8 Å². The fourth-order valence-corrected chi connectivity index (χ4v) is 6.11. The van der Waals surface area contributed by atoms with Crippen molar-refractivity contribution < 1.29 is 26.0 Å². The van der Waals surface area contributed by atoms with Gasteiger partial charge in [0.15, 0.2) is 0 Å². The lowest BCUT2D eigenvalue weighted by Gasteiger charge is -2.34. The number of sulfonamides is 2. The highest BCUT2D eigenvalue weighted by molar-refractivity contribution is 7.89. The van der Waals surface area contributed by atoms with Crippen LogP contribution in [0.15, 0.2) is 87.0 Å². The van der Waals surface area contributed by atoms with Gasteiger partial charge < -0.3 is 9.32 Å². The van der Waals surface area contributed by atoms with E-state index in [1.54, 1.807) is 29.2 Å². The van der Waals surface area contributed by atoms with Gasteiger partial charge in [-0.15, -0.1) is 10.2 Å². The van der Waals surface area contributed by atoms with Crippen LogP contribution in [0.2, 0.25) is 0 Å². The number of aryl methyl sites for hydroxylation is 1. The van der Waals surface area contributed by atoms with Crippen LogP contribution in [-0.4, -0.2) is 68.3 Å². The van der Waals surface area contributed by atoms with E-state index in [-0.39, 0.29) is 41.9 Å². The fourth-order valence-electron chi connectivity index (χ4n) is 4.17. The minimum absolute atomic E-state index is 0.0446. The quantitative estimate of drug-likeness (QED) is 0.372. The second-order valence-electron chi connectivity index (χ2n) is 9.07. The maximum absolute atomic E-state index is 13.1. The van der Waals surface area contributed by atoms with Crippen LogP contribution in [0.3, 0.4) is 0 Å². The van der Waals surface area contributed by atoms with Crippen molar-refractivity contribution in [3.8, 4) is 22.9 Å². The van der Waals surface area contributed by atoms with Gasteiger partial charge in [0.05, 0.1) is 9.79 Å². The highest BCUT2D eigenvalue weighted by atomic mass is 32.2. The zero-order valence-electron chi connectivity index (χ0n) is 20.9. The smallest absolute Gasteiger partial charge is 0.253 e. The molecule has 2 heterocycles. The third-order valence-corrected chi connectivity index (χ3v) is 9.26. The van der Waals surface area contributed by atoms with Gasteiger partial charge in [-0.1, -0.05) is 17.7 Å². The summed E-state index contributed by atoms with van der Waals surface area (Å²) < 4.78 is 55.9. The highest BCUT2D eigenvalue weighted by Gasteiger charge is 2.30. The molecular formula is C26H25N5O6S2. The van der Waals surface area contributed by atoms with Crippen molar-refractivity contribution >= 4 is 26.0 Å². The molecule has 0 bridgehead atoms. The fraction of sp³-hybridized carbons (Fsp3) is 0.192. The summed E-state index contributed by atoms with van der Waals surface area (Å²) >= 11 is 0. The van der Waals surface area contributed by atoms with E-state index in [2.05, 4.69) is 10.2 Å². The lowest BCUT2D eigenvalue weighted by molar-refractivity contribution is 0.0698. The van der Waals surface area contributed by atoms with Gasteiger partial charge >= 0.3 is 0 Å². The lowest BCUT2D eigenvalue weighted by Crippen LogP contribution is -2.50. The third-order valence-electron chi connectivity index (χ3n) is 6.42. The summed E-state index contributed by atoms with van der Waals surface area (Å²) in [4.78, 5) is 14.4. The molecule has 11 nitrogen and oxygen atoms in total. The summed E-state index contributed by atoms with van der Waals surface area (Å²) in [5.41, 5.74) is 3.06. The number of benzene rings is 3. The number of nitrogens with zero attached hydrogens (tertiary/aromatic N) is 4. The maximum atomic E-state index is 13.1.